The molecule has 1 atom stereocenters. The average molecular weight is 348 g/mol. The summed E-state index contributed by atoms with van der Waals surface area (Å²) in [6.45, 7) is 4.97. The number of ether oxygens (including phenoxy) is 1. The summed E-state index contributed by atoms with van der Waals surface area (Å²) in [7, 11) is 0. The minimum absolute atomic E-state index is 0.0561. The standard InChI is InChI=1S/C17H24N4O2S/c1-12-4-9-24-15(12)2-5-18-16-10-14(13-3-8-23-11-13)20-17(21-16)19-6-7-22/h4,9-10,13,22H,2-3,5-8,11H2,1H3,(H2,18,19,20,21)/t13-/m0/s1. The number of nitrogens with zero attached hydrogens (tertiary/aromatic N) is 2. The van der Waals surface area contributed by atoms with E-state index in [1.165, 1.54) is 10.4 Å². The quantitative estimate of drug-likeness (QED) is 0.680. The third kappa shape index (κ3) is 4.43. The lowest BCUT2D eigenvalue weighted by atomic mass is 10.0. The molecule has 2 aromatic rings. The van der Waals surface area contributed by atoms with E-state index < -0.39 is 0 Å². The zero-order valence-corrected chi connectivity index (χ0v) is 14.7. The number of nitrogens with one attached hydrogen (secondary N) is 2. The molecular formula is C17H24N4O2S. The molecule has 0 spiro atoms. The molecule has 2 aromatic heterocycles. The van der Waals surface area contributed by atoms with Crippen LogP contribution in [0.5, 0.6) is 0 Å². The van der Waals surface area contributed by atoms with Crippen molar-refractivity contribution in [3.05, 3.63) is 33.6 Å². The first-order valence-electron chi connectivity index (χ1n) is 8.34. The molecule has 0 unspecified atom stereocenters. The second kappa shape index (κ2) is 8.41. The van der Waals surface area contributed by atoms with Crippen LogP contribution in [0.15, 0.2) is 17.5 Å². The van der Waals surface area contributed by atoms with E-state index in [1.54, 1.807) is 11.3 Å². The highest BCUT2D eigenvalue weighted by atomic mass is 32.1. The van der Waals surface area contributed by atoms with Crippen LogP contribution in [0.4, 0.5) is 11.8 Å². The summed E-state index contributed by atoms with van der Waals surface area (Å²) in [6.07, 6.45) is 1.97. The number of anilines is 2. The minimum atomic E-state index is 0.0561. The van der Waals surface area contributed by atoms with Gasteiger partial charge >= 0.3 is 0 Å². The lowest BCUT2D eigenvalue weighted by Crippen LogP contribution is -2.14. The summed E-state index contributed by atoms with van der Waals surface area (Å²) in [5.41, 5.74) is 2.34. The van der Waals surface area contributed by atoms with Crippen molar-refractivity contribution < 1.29 is 9.84 Å². The highest BCUT2D eigenvalue weighted by molar-refractivity contribution is 7.10. The fraction of sp³-hybridized carbons (Fsp3) is 0.529. The molecule has 0 radical (unpaired) electrons. The van der Waals surface area contributed by atoms with Crippen LogP contribution in [0.25, 0.3) is 0 Å². The Labute approximate surface area is 146 Å². The van der Waals surface area contributed by atoms with Crippen molar-refractivity contribution >= 4 is 23.1 Å². The summed E-state index contributed by atoms with van der Waals surface area (Å²) in [4.78, 5) is 10.5. The van der Waals surface area contributed by atoms with E-state index in [9.17, 15) is 0 Å². The largest absolute Gasteiger partial charge is 0.395 e. The van der Waals surface area contributed by atoms with Crippen LogP contribution in [0.3, 0.4) is 0 Å². The van der Waals surface area contributed by atoms with Crippen molar-refractivity contribution in [1.82, 2.24) is 9.97 Å². The molecule has 6 nitrogen and oxygen atoms in total. The average Bonchev–Trinajstić information content (AvgIpc) is 3.25. The summed E-state index contributed by atoms with van der Waals surface area (Å²) < 4.78 is 5.48. The van der Waals surface area contributed by atoms with E-state index in [0.29, 0.717) is 25.0 Å². The van der Waals surface area contributed by atoms with Gasteiger partial charge in [-0.25, -0.2) is 4.98 Å². The number of aliphatic hydroxyl groups is 1. The van der Waals surface area contributed by atoms with Gasteiger partial charge in [-0.2, -0.15) is 4.98 Å². The lowest BCUT2D eigenvalue weighted by molar-refractivity contribution is 0.193. The summed E-state index contributed by atoms with van der Waals surface area (Å²) in [5.74, 6) is 1.70. The zero-order chi connectivity index (χ0) is 16.8. The third-order valence-corrected chi connectivity index (χ3v) is 5.20. The van der Waals surface area contributed by atoms with Gasteiger partial charge in [0.15, 0.2) is 0 Å². The van der Waals surface area contributed by atoms with Crippen molar-refractivity contribution in [2.45, 2.75) is 25.7 Å². The molecule has 0 amide bonds. The van der Waals surface area contributed by atoms with E-state index in [-0.39, 0.29) is 6.61 Å². The molecule has 3 N–H and O–H groups in total. The Balaban J connectivity index is 1.67. The van der Waals surface area contributed by atoms with E-state index >= 15 is 0 Å². The number of hydrogen-bond donors (Lipinski definition) is 3. The Morgan fingerprint density at radius 2 is 2.25 bits per heavy atom. The summed E-state index contributed by atoms with van der Waals surface area (Å²) in [6, 6.07) is 4.17. The molecule has 0 bridgehead atoms. The van der Waals surface area contributed by atoms with Gasteiger partial charge in [-0.05, 0) is 36.8 Å². The smallest absolute Gasteiger partial charge is 0.224 e. The molecule has 3 heterocycles. The molecular weight excluding hydrogens is 324 g/mol. The van der Waals surface area contributed by atoms with Crippen molar-refractivity contribution in [2.75, 3.05) is 43.5 Å². The van der Waals surface area contributed by atoms with Crippen LogP contribution in [0.2, 0.25) is 0 Å². The molecule has 130 valence electrons. The second-order valence-electron chi connectivity index (χ2n) is 5.92. The number of rotatable bonds is 8. The van der Waals surface area contributed by atoms with Gasteiger partial charge in [0.25, 0.3) is 0 Å². The zero-order valence-electron chi connectivity index (χ0n) is 13.9. The molecule has 0 saturated carbocycles. The number of aryl methyl sites for hydroxylation is 1. The van der Waals surface area contributed by atoms with Crippen LogP contribution in [-0.4, -0.2) is 48.0 Å². The van der Waals surface area contributed by atoms with Crippen molar-refractivity contribution in [1.29, 1.82) is 0 Å². The number of thiophene rings is 1. The summed E-state index contributed by atoms with van der Waals surface area (Å²) >= 11 is 1.79. The second-order valence-corrected chi connectivity index (χ2v) is 6.92. The molecule has 1 saturated heterocycles. The van der Waals surface area contributed by atoms with Gasteiger partial charge in [0.1, 0.15) is 5.82 Å². The first-order valence-corrected chi connectivity index (χ1v) is 9.22. The third-order valence-electron chi connectivity index (χ3n) is 4.12. The topological polar surface area (TPSA) is 79.3 Å². The maximum Gasteiger partial charge on any atom is 0.224 e. The number of aliphatic hydroxyl groups excluding tert-OH is 1. The van der Waals surface area contributed by atoms with Gasteiger partial charge in [0.05, 0.1) is 18.9 Å². The normalized spacial score (nSPS) is 17.2. The Morgan fingerprint density at radius 1 is 1.33 bits per heavy atom. The van der Waals surface area contributed by atoms with Crippen molar-refractivity contribution in [2.24, 2.45) is 0 Å². The molecule has 1 aliphatic heterocycles. The number of aromatic nitrogens is 2. The molecule has 0 aromatic carbocycles. The van der Waals surface area contributed by atoms with Gasteiger partial charge in [-0.15, -0.1) is 11.3 Å². The number of hydrogen-bond acceptors (Lipinski definition) is 7. The van der Waals surface area contributed by atoms with Gasteiger partial charge < -0.3 is 20.5 Å². The van der Waals surface area contributed by atoms with E-state index in [4.69, 9.17) is 9.84 Å². The Kier molecular flexibility index (Phi) is 6.01. The first-order chi connectivity index (χ1) is 11.8. The molecule has 7 heteroatoms. The van der Waals surface area contributed by atoms with Crippen molar-refractivity contribution in [3.8, 4) is 0 Å². The Hall–Kier alpha value is -1.70. The molecule has 24 heavy (non-hydrogen) atoms. The molecule has 1 fully saturated rings. The van der Waals surface area contributed by atoms with E-state index in [2.05, 4.69) is 39.0 Å². The van der Waals surface area contributed by atoms with Gasteiger partial charge in [0, 0.05) is 36.6 Å². The highest BCUT2D eigenvalue weighted by Gasteiger charge is 2.20. The fourth-order valence-corrected chi connectivity index (χ4v) is 3.65. The molecule has 0 aliphatic carbocycles. The van der Waals surface area contributed by atoms with Crippen LogP contribution in [-0.2, 0) is 11.2 Å². The van der Waals surface area contributed by atoms with Gasteiger partial charge in [-0.1, -0.05) is 0 Å². The predicted octanol–water partition coefficient (Wildman–Crippen LogP) is 2.41. The van der Waals surface area contributed by atoms with E-state index in [0.717, 1.165) is 37.5 Å². The van der Waals surface area contributed by atoms with Crippen LogP contribution >= 0.6 is 11.3 Å². The maximum absolute atomic E-state index is 9.00. The lowest BCUT2D eigenvalue weighted by Gasteiger charge is -2.13. The van der Waals surface area contributed by atoms with Gasteiger partial charge in [-0.3, -0.25) is 0 Å². The molecule has 3 rings (SSSR count). The van der Waals surface area contributed by atoms with Crippen LogP contribution < -0.4 is 10.6 Å². The Morgan fingerprint density at radius 3 is 2.96 bits per heavy atom. The fourth-order valence-electron chi connectivity index (χ4n) is 2.74. The Bertz CT molecular complexity index is 656. The minimum Gasteiger partial charge on any atom is -0.395 e. The molecule has 1 aliphatic rings. The first kappa shape index (κ1) is 17.1. The maximum atomic E-state index is 9.00. The van der Waals surface area contributed by atoms with E-state index in [1.807, 2.05) is 6.07 Å². The monoisotopic (exact) mass is 348 g/mol. The van der Waals surface area contributed by atoms with Crippen molar-refractivity contribution in [3.63, 3.8) is 0 Å². The highest BCUT2D eigenvalue weighted by Crippen LogP contribution is 2.26. The summed E-state index contributed by atoms with van der Waals surface area (Å²) in [5, 5.41) is 17.6. The van der Waals surface area contributed by atoms with Gasteiger partial charge in [0.2, 0.25) is 5.95 Å². The van der Waals surface area contributed by atoms with Crippen LogP contribution in [0.1, 0.15) is 28.5 Å². The predicted molar refractivity (Wildman–Crippen MR) is 97.0 cm³/mol. The SMILES string of the molecule is Cc1ccsc1CCNc1cc([C@H]2CCOC2)nc(NCCO)n1. The van der Waals surface area contributed by atoms with Crippen LogP contribution in [0, 0.1) is 6.92 Å².